The Morgan fingerprint density at radius 1 is 1.58 bits per heavy atom. The fraction of sp³-hybridized carbons (Fsp3) is 0.583. The zero-order valence-corrected chi connectivity index (χ0v) is 11.1. The molecule has 1 unspecified atom stereocenters. The van der Waals surface area contributed by atoms with Gasteiger partial charge in [0, 0.05) is 26.3 Å². The van der Waals surface area contributed by atoms with Crippen molar-refractivity contribution >= 4 is 17.7 Å². The van der Waals surface area contributed by atoms with Gasteiger partial charge in [-0.15, -0.1) is 0 Å². The minimum atomic E-state index is -0.827. The fourth-order valence-corrected chi connectivity index (χ4v) is 2.35. The third-order valence-electron chi connectivity index (χ3n) is 3.73. The standard InChI is InChI=1S/C12H18N4O3/c1-3-12(10(17)18)4-5-16(8-12)11(19)14-9-6-13-15(2)7-9/h6-7H,3-5,8H2,1-2H3,(H,14,19)(H,17,18). The minimum Gasteiger partial charge on any atom is -0.481 e. The highest BCUT2D eigenvalue weighted by Gasteiger charge is 2.44. The summed E-state index contributed by atoms with van der Waals surface area (Å²) in [5, 5.41) is 16.0. The van der Waals surface area contributed by atoms with Crippen LogP contribution in [0.2, 0.25) is 0 Å². The van der Waals surface area contributed by atoms with Gasteiger partial charge in [-0.05, 0) is 12.8 Å². The molecule has 1 fully saturated rings. The van der Waals surface area contributed by atoms with Crippen LogP contribution in [0.15, 0.2) is 12.4 Å². The number of nitrogens with zero attached hydrogens (tertiary/aromatic N) is 3. The van der Waals surface area contributed by atoms with Crippen molar-refractivity contribution in [3.63, 3.8) is 0 Å². The maximum atomic E-state index is 12.0. The number of amides is 2. The molecule has 2 heterocycles. The SMILES string of the molecule is CCC1(C(=O)O)CCN(C(=O)Nc2cnn(C)c2)C1. The van der Waals surface area contributed by atoms with Gasteiger partial charge in [0.2, 0.25) is 0 Å². The molecule has 1 atom stereocenters. The number of nitrogens with one attached hydrogen (secondary N) is 1. The second-order valence-electron chi connectivity index (χ2n) is 4.94. The van der Waals surface area contributed by atoms with Crippen molar-refractivity contribution in [2.24, 2.45) is 12.5 Å². The van der Waals surface area contributed by atoms with Crippen molar-refractivity contribution < 1.29 is 14.7 Å². The van der Waals surface area contributed by atoms with Crippen molar-refractivity contribution in [2.75, 3.05) is 18.4 Å². The molecule has 0 spiro atoms. The monoisotopic (exact) mass is 266 g/mol. The van der Waals surface area contributed by atoms with Crippen LogP contribution >= 0.6 is 0 Å². The molecule has 0 aromatic carbocycles. The molecule has 0 saturated carbocycles. The van der Waals surface area contributed by atoms with E-state index in [1.807, 2.05) is 6.92 Å². The predicted octanol–water partition coefficient (Wildman–Crippen LogP) is 1.14. The minimum absolute atomic E-state index is 0.255. The van der Waals surface area contributed by atoms with E-state index in [0.29, 0.717) is 25.1 Å². The van der Waals surface area contributed by atoms with Crippen LogP contribution < -0.4 is 5.32 Å². The summed E-state index contributed by atoms with van der Waals surface area (Å²) in [5.41, 5.74) is -0.191. The Kier molecular flexibility index (Phi) is 3.46. The Bertz CT molecular complexity index is 499. The van der Waals surface area contributed by atoms with E-state index in [1.165, 1.54) is 0 Å². The van der Waals surface area contributed by atoms with Crippen LogP contribution in [-0.2, 0) is 11.8 Å². The molecule has 7 heteroatoms. The van der Waals surface area contributed by atoms with E-state index in [0.717, 1.165) is 0 Å². The molecule has 1 aromatic rings. The van der Waals surface area contributed by atoms with Gasteiger partial charge < -0.3 is 15.3 Å². The summed E-state index contributed by atoms with van der Waals surface area (Å²) in [6.07, 6.45) is 4.27. The summed E-state index contributed by atoms with van der Waals surface area (Å²) < 4.78 is 1.59. The van der Waals surface area contributed by atoms with Gasteiger partial charge in [0.25, 0.3) is 0 Å². The second-order valence-corrected chi connectivity index (χ2v) is 4.94. The smallest absolute Gasteiger partial charge is 0.321 e. The molecule has 1 aromatic heterocycles. The second kappa shape index (κ2) is 4.91. The van der Waals surface area contributed by atoms with Gasteiger partial charge in [0.15, 0.2) is 0 Å². The number of anilines is 1. The summed E-state index contributed by atoms with van der Waals surface area (Å²) in [4.78, 5) is 24.9. The Hall–Kier alpha value is -2.05. The van der Waals surface area contributed by atoms with E-state index in [4.69, 9.17) is 0 Å². The zero-order valence-electron chi connectivity index (χ0n) is 11.1. The number of carboxylic acid groups (broad SMARTS) is 1. The molecule has 1 aliphatic heterocycles. The Balaban J connectivity index is 2.00. The van der Waals surface area contributed by atoms with Crippen LogP contribution in [0.1, 0.15) is 19.8 Å². The van der Waals surface area contributed by atoms with Crippen molar-refractivity contribution in [3.8, 4) is 0 Å². The maximum absolute atomic E-state index is 12.0. The number of aliphatic carboxylic acids is 1. The highest BCUT2D eigenvalue weighted by Crippen LogP contribution is 2.34. The van der Waals surface area contributed by atoms with Crippen LogP contribution in [0.5, 0.6) is 0 Å². The number of hydrogen-bond acceptors (Lipinski definition) is 3. The number of aryl methyl sites for hydroxylation is 1. The Labute approximate surface area is 111 Å². The number of carboxylic acids is 1. The largest absolute Gasteiger partial charge is 0.481 e. The molecule has 0 bridgehead atoms. The van der Waals surface area contributed by atoms with Crippen molar-refractivity contribution in [2.45, 2.75) is 19.8 Å². The predicted molar refractivity (Wildman–Crippen MR) is 68.8 cm³/mol. The number of carbonyl (C=O) groups is 2. The normalized spacial score (nSPS) is 22.5. The molecular weight excluding hydrogens is 248 g/mol. The number of aromatic nitrogens is 2. The molecule has 0 radical (unpaired) electrons. The van der Waals surface area contributed by atoms with Crippen molar-refractivity contribution in [1.29, 1.82) is 0 Å². The maximum Gasteiger partial charge on any atom is 0.321 e. The quantitative estimate of drug-likeness (QED) is 0.858. The molecular formula is C12H18N4O3. The summed E-state index contributed by atoms with van der Waals surface area (Å²) in [6.45, 7) is 2.56. The van der Waals surface area contributed by atoms with E-state index in [1.54, 1.807) is 29.0 Å². The third kappa shape index (κ3) is 2.54. The number of likely N-dealkylation sites (tertiary alicyclic amines) is 1. The first kappa shape index (κ1) is 13.4. The lowest BCUT2D eigenvalue weighted by molar-refractivity contribution is -0.148. The van der Waals surface area contributed by atoms with E-state index in [2.05, 4.69) is 10.4 Å². The van der Waals surface area contributed by atoms with Gasteiger partial charge in [-0.3, -0.25) is 9.48 Å². The summed E-state index contributed by atoms with van der Waals surface area (Å²) in [5.74, 6) is -0.827. The first-order valence-corrected chi connectivity index (χ1v) is 6.25. The lowest BCUT2D eigenvalue weighted by atomic mass is 9.84. The number of hydrogen-bond donors (Lipinski definition) is 2. The van der Waals surface area contributed by atoms with Gasteiger partial charge in [-0.25, -0.2) is 4.79 Å². The van der Waals surface area contributed by atoms with Gasteiger partial charge in [0.05, 0.1) is 17.3 Å². The average Bonchev–Trinajstić information content (AvgIpc) is 2.96. The van der Waals surface area contributed by atoms with E-state index < -0.39 is 11.4 Å². The molecule has 104 valence electrons. The van der Waals surface area contributed by atoms with Gasteiger partial charge in [0.1, 0.15) is 0 Å². The zero-order chi connectivity index (χ0) is 14.0. The number of rotatable bonds is 3. The van der Waals surface area contributed by atoms with Gasteiger partial charge >= 0.3 is 12.0 Å². The molecule has 7 nitrogen and oxygen atoms in total. The third-order valence-corrected chi connectivity index (χ3v) is 3.73. The summed E-state index contributed by atoms with van der Waals surface area (Å²) in [6, 6.07) is -0.274. The molecule has 2 rings (SSSR count). The van der Waals surface area contributed by atoms with Crippen molar-refractivity contribution in [3.05, 3.63) is 12.4 Å². The lowest BCUT2D eigenvalue weighted by Gasteiger charge is -2.23. The molecule has 0 aliphatic carbocycles. The Morgan fingerprint density at radius 3 is 2.79 bits per heavy atom. The first-order chi connectivity index (χ1) is 8.97. The fourth-order valence-electron chi connectivity index (χ4n) is 2.35. The molecule has 1 aliphatic rings. The highest BCUT2D eigenvalue weighted by atomic mass is 16.4. The topological polar surface area (TPSA) is 87.5 Å². The van der Waals surface area contributed by atoms with E-state index >= 15 is 0 Å². The molecule has 19 heavy (non-hydrogen) atoms. The summed E-state index contributed by atoms with van der Waals surface area (Å²) in [7, 11) is 1.76. The Morgan fingerprint density at radius 2 is 2.32 bits per heavy atom. The van der Waals surface area contributed by atoms with Crippen LogP contribution in [0.25, 0.3) is 0 Å². The highest BCUT2D eigenvalue weighted by molar-refractivity contribution is 5.90. The molecule has 2 N–H and O–H groups in total. The number of urea groups is 1. The van der Waals surface area contributed by atoms with Crippen LogP contribution in [0, 0.1) is 5.41 Å². The average molecular weight is 266 g/mol. The first-order valence-electron chi connectivity index (χ1n) is 6.25. The van der Waals surface area contributed by atoms with Gasteiger partial charge in [-0.2, -0.15) is 5.10 Å². The van der Waals surface area contributed by atoms with Crippen LogP contribution in [-0.4, -0.2) is 44.9 Å². The van der Waals surface area contributed by atoms with E-state index in [-0.39, 0.29) is 12.6 Å². The molecule has 2 amide bonds. The summed E-state index contributed by atoms with van der Waals surface area (Å²) >= 11 is 0. The molecule has 1 saturated heterocycles. The van der Waals surface area contributed by atoms with Crippen molar-refractivity contribution in [1.82, 2.24) is 14.7 Å². The van der Waals surface area contributed by atoms with E-state index in [9.17, 15) is 14.7 Å². The lowest BCUT2D eigenvalue weighted by Crippen LogP contribution is -2.38. The van der Waals surface area contributed by atoms with Crippen LogP contribution in [0.3, 0.4) is 0 Å². The van der Waals surface area contributed by atoms with Crippen LogP contribution in [0.4, 0.5) is 10.5 Å². The van der Waals surface area contributed by atoms with Gasteiger partial charge in [-0.1, -0.05) is 6.92 Å². The number of carbonyl (C=O) groups excluding carboxylic acids is 1.